The van der Waals surface area contributed by atoms with E-state index >= 15 is 0 Å². The van der Waals surface area contributed by atoms with Gasteiger partial charge in [-0.1, -0.05) is 26.0 Å². The molecular weight excluding hydrogens is 170 g/mol. The highest BCUT2D eigenvalue weighted by molar-refractivity contribution is 5.63. The molecule has 4 fully saturated rings. The van der Waals surface area contributed by atoms with E-state index in [1.54, 1.807) is 5.57 Å². The Morgan fingerprint density at radius 1 is 1.50 bits per heavy atom. The first-order chi connectivity index (χ1) is 6.37. The minimum absolute atomic E-state index is 0.469. The Labute approximate surface area is 87.2 Å². The second-order valence-corrected chi connectivity index (χ2v) is 6.16. The molecule has 1 spiro atoms. The van der Waals surface area contributed by atoms with Gasteiger partial charge in [-0.25, -0.2) is 0 Å². The van der Waals surface area contributed by atoms with Gasteiger partial charge in [-0.2, -0.15) is 0 Å². The molecule has 78 valence electrons. The van der Waals surface area contributed by atoms with Crippen molar-refractivity contribution in [2.45, 2.75) is 33.2 Å². The lowest BCUT2D eigenvalue weighted by Crippen LogP contribution is -2.72. The van der Waals surface area contributed by atoms with Gasteiger partial charge in [0.15, 0.2) is 0 Å². The minimum Gasteiger partial charge on any atom is -0.306 e. The molecule has 0 N–H and O–H groups in total. The van der Waals surface area contributed by atoms with Crippen molar-refractivity contribution in [3.8, 4) is 0 Å². The minimum atomic E-state index is 0.469. The molecule has 4 aliphatic rings. The molecule has 0 saturated heterocycles. The molecule has 4 saturated carbocycles. The summed E-state index contributed by atoms with van der Waals surface area (Å²) >= 11 is 0. The predicted octanol–water partition coefficient (Wildman–Crippen LogP) is 2.54. The summed E-state index contributed by atoms with van der Waals surface area (Å²) in [5, 5.41) is 0. The molecule has 4 aliphatic carbocycles. The van der Waals surface area contributed by atoms with Crippen LogP contribution in [0, 0.1) is 22.2 Å². The smallest absolute Gasteiger partial charge is 0.0135 e. The van der Waals surface area contributed by atoms with Crippen LogP contribution in [-0.4, -0.2) is 25.0 Å². The van der Waals surface area contributed by atoms with Crippen LogP contribution in [0.25, 0.3) is 0 Å². The summed E-state index contributed by atoms with van der Waals surface area (Å²) in [5.74, 6) is 0.893. The van der Waals surface area contributed by atoms with E-state index in [-0.39, 0.29) is 0 Å². The lowest BCUT2D eigenvalue weighted by atomic mass is 9.29. The Morgan fingerprint density at radius 2 is 2.07 bits per heavy atom. The first kappa shape index (κ1) is 8.96. The van der Waals surface area contributed by atoms with Crippen molar-refractivity contribution in [2.75, 3.05) is 14.1 Å². The normalized spacial score (nSPS) is 60.1. The maximum Gasteiger partial charge on any atom is 0.0135 e. The average Bonchev–Trinajstić information content (AvgIpc) is 2.80. The zero-order chi connectivity index (χ0) is 10.5. The summed E-state index contributed by atoms with van der Waals surface area (Å²) in [7, 11) is 4.42. The van der Waals surface area contributed by atoms with E-state index in [1.165, 1.54) is 6.42 Å². The van der Waals surface area contributed by atoms with Gasteiger partial charge in [0.2, 0.25) is 0 Å². The summed E-state index contributed by atoms with van der Waals surface area (Å²) in [6.07, 6.45) is 1.41. The highest BCUT2D eigenvalue weighted by atomic mass is 15.2. The van der Waals surface area contributed by atoms with Gasteiger partial charge in [-0.15, -0.1) is 0 Å². The average molecular weight is 191 g/mol. The molecule has 3 unspecified atom stereocenters. The lowest BCUT2D eigenvalue weighted by Gasteiger charge is -2.75. The van der Waals surface area contributed by atoms with Crippen molar-refractivity contribution in [2.24, 2.45) is 22.2 Å². The first-order valence-corrected chi connectivity index (χ1v) is 5.73. The van der Waals surface area contributed by atoms with E-state index in [4.69, 9.17) is 0 Å². The largest absolute Gasteiger partial charge is 0.306 e. The van der Waals surface area contributed by atoms with Gasteiger partial charge in [0.25, 0.3) is 0 Å². The number of hydrogen-bond donors (Lipinski definition) is 0. The van der Waals surface area contributed by atoms with Crippen molar-refractivity contribution >= 4 is 0 Å². The van der Waals surface area contributed by atoms with E-state index in [2.05, 4.69) is 46.3 Å². The Hall–Kier alpha value is -0.300. The molecule has 0 heterocycles. The fourth-order valence-corrected chi connectivity index (χ4v) is 5.27. The zero-order valence-corrected chi connectivity index (χ0v) is 10.0. The van der Waals surface area contributed by atoms with Crippen LogP contribution < -0.4 is 0 Å². The van der Waals surface area contributed by atoms with Gasteiger partial charge in [0, 0.05) is 22.3 Å². The van der Waals surface area contributed by atoms with Crippen LogP contribution in [0.1, 0.15) is 27.2 Å². The summed E-state index contributed by atoms with van der Waals surface area (Å²) in [6, 6.07) is 0.717. The van der Waals surface area contributed by atoms with Crippen LogP contribution >= 0.6 is 0 Å². The molecule has 1 nitrogen and oxygen atoms in total. The SMILES string of the molecule is C=C1C2(C)[C@H](C)[C@]13CC23C(C)N(C)C. The zero-order valence-electron chi connectivity index (χ0n) is 10.0. The Bertz CT molecular complexity index is 345. The molecule has 5 atom stereocenters. The fourth-order valence-electron chi connectivity index (χ4n) is 5.27. The predicted molar refractivity (Wildman–Crippen MR) is 59.0 cm³/mol. The maximum atomic E-state index is 4.30. The number of hydrogen-bond acceptors (Lipinski definition) is 1. The summed E-state index contributed by atoms with van der Waals surface area (Å²) in [4.78, 5) is 2.39. The standard InChI is InChI=1S/C13H21N/c1-8-11(4)9(2)12(8)7-13(11,12)10(3)14(5)6/h9-10H,1,7H2,2-6H3/t9-,10?,11?,12-,13?/m0/s1. The topological polar surface area (TPSA) is 3.24 Å². The van der Waals surface area contributed by atoms with Crippen molar-refractivity contribution in [1.82, 2.24) is 4.90 Å². The molecule has 14 heavy (non-hydrogen) atoms. The first-order valence-electron chi connectivity index (χ1n) is 5.73. The summed E-state index contributed by atoms with van der Waals surface area (Å²) < 4.78 is 0. The van der Waals surface area contributed by atoms with Crippen LogP contribution in [0.5, 0.6) is 0 Å². The molecule has 0 aliphatic heterocycles. The van der Waals surface area contributed by atoms with Crippen LogP contribution in [0.4, 0.5) is 0 Å². The van der Waals surface area contributed by atoms with E-state index in [1.807, 2.05) is 0 Å². The van der Waals surface area contributed by atoms with Gasteiger partial charge in [0.1, 0.15) is 0 Å². The van der Waals surface area contributed by atoms with Gasteiger partial charge < -0.3 is 4.90 Å². The highest BCUT2D eigenvalue weighted by Crippen LogP contribution is 3.04. The molecule has 0 radical (unpaired) electrons. The molecule has 4 rings (SSSR count). The highest BCUT2D eigenvalue weighted by Gasteiger charge is 3.00. The second kappa shape index (κ2) is 1.84. The molecule has 0 aromatic rings. The van der Waals surface area contributed by atoms with Gasteiger partial charge >= 0.3 is 0 Å². The van der Waals surface area contributed by atoms with Crippen molar-refractivity contribution in [3.05, 3.63) is 12.2 Å². The van der Waals surface area contributed by atoms with E-state index < -0.39 is 0 Å². The van der Waals surface area contributed by atoms with Gasteiger partial charge in [0.05, 0.1) is 0 Å². The van der Waals surface area contributed by atoms with Crippen LogP contribution in [0.3, 0.4) is 0 Å². The number of allylic oxidation sites excluding steroid dienone is 1. The third-order valence-electron chi connectivity index (χ3n) is 6.41. The Balaban J connectivity index is 1.98. The Morgan fingerprint density at radius 3 is 2.36 bits per heavy atom. The molecular formula is C13H21N. The summed E-state index contributed by atoms with van der Waals surface area (Å²) in [5.41, 5.74) is 3.22. The van der Waals surface area contributed by atoms with E-state index in [9.17, 15) is 0 Å². The monoisotopic (exact) mass is 191 g/mol. The van der Waals surface area contributed by atoms with E-state index in [0.717, 1.165) is 5.92 Å². The van der Waals surface area contributed by atoms with Crippen LogP contribution in [0.15, 0.2) is 12.2 Å². The van der Waals surface area contributed by atoms with Crippen molar-refractivity contribution in [3.63, 3.8) is 0 Å². The third-order valence-corrected chi connectivity index (χ3v) is 6.41. The molecule has 0 amide bonds. The molecule has 1 heteroatoms. The lowest BCUT2D eigenvalue weighted by molar-refractivity contribution is -0.185. The van der Waals surface area contributed by atoms with Gasteiger partial charge in [-0.3, -0.25) is 0 Å². The van der Waals surface area contributed by atoms with Crippen LogP contribution in [-0.2, 0) is 0 Å². The number of rotatable bonds is 2. The molecule has 0 aromatic heterocycles. The van der Waals surface area contributed by atoms with Crippen molar-refractivity contribution in [1.29, 1.82) is 0 Å². The number of nitrogens with zero attached hydrogens (tertiary/aromatic N) is 1. The fraction of sp³-hybridized carbons (Fsp3) is 0.846. The summed E-state index contributed by atoms with van der Waals surface area (Å²) in [6.45, 7) is 11.5. The van der Waals surface area contributed by atoms with E-state index in [0.29, 0.717) is 22.3 Å². The Kier molecular flexibility index (Phi) is 1.18. The van der Waals surface area contributed by atoms with Gasteiger partial charge in [-0.05, 0) is 33.4 Å². The maximum absolute atomic E-state index is 4.30. The molecule has 0 aromatic carbocycles. The quantitative estimate of drug-likeness (QED) is 0.606. The third kappa shape index (κ3) is 0.432. The second-order valence-electron chi connectivity index (χ2n) is 6.16. The molecule has 2 bridgehead atoms. The van der Waals surface area contributed by atoms with Crippen LogP contribution in [0.2, 0.25) is 0 Å². The van der Waals surface area contributed by atoms with Crippen molar-refractivity contribution < 1.29 is 0 Å².